The maximum Gasteiger partial charge on any atom is 0.328 e. The van der Waals surface area contributed by atoms with E-state index in [9.17, 15) is 14.4 Å². The number of amides is 1. The Kier molecular flexibility index (Phi) is 4.43. The SMILES string of the molecule is CCn1c(=O)[nH]c2cc(C(=O)N[C@@H](c3nc(C)cs3)C3CC3)ccc2c1=O. The molecule has 7 nitrogen and oxygen atoms in total. The fourth-order valence-electron chi connectivity index (χ4n) is 3.23. The molecule has 27 heavy (non-hydrogen) atoms. The second kappa shape index (κ2) is 6.77. The van der Waals surface area contributed by atoms with Gasteiger partial charge >= 0.3 is 5.69 Å². The zero-order valence-corrected chi connectivity index (χ0v) is 15.9. The smallest absolute Gasteiger partial charge is 0.328 e. The van der Waals surface area contributed by atoms with Gasteiger partial charge in [0.1, 0.15) is 5.01 Å². The summed E-state index contributed by atoms with van der Waals surface area (Å²) in [5, 5.41) is 6.37. The molecule has 8 heteroatoms. The third-order valence-corrected chi connectivity index (χ3v) is 5.89. The van der Waals surface area contributed by atoms with Gasteiger partial charge < -0.3 is 10.3 Å². The van der Waals surface area contributed by atoms with Crippen molar-refractivity contribution >= 4 is 28.1 Å². The van der Waals surface area contributed by atoms with Gasteiger partial charge in [0.2, 0.25) is 0 Å². The Bertz CT molecular complexity index is 1140. The Morgan fingerprint density at radius 3 is 2.81 bits per heavy atom. The molecule has 2 aromatic heterocycles. The van der Waals surface area contributed by atoms with Crippen LogP contribution in [0.1, 0.15) is 46.9 Å². The van der Waals surface area contributed by atoms with Gasteiger partial charge in [-0.1, -0.05) is 0 Å². The first-order valence-electron chi connectivity index (χ1n) is 8.97. The fraction of sp³-hybridized carbons (Fsp3) is 0.368. The van der Waals surface area contributed by atoms with Crippen molar-refractivity contribution in [2.24, 2.45) is 5.92 Å². The summed E-state index contributed by atoms with van der Waals surface area (Å²) >= 11 is 1.56. The van der Waals surface area contributed by atoms with Crippen molar-refractivity contribution in [3.8, 4) is 0 Å². The molecule has 1 aliphatic carbocycles. The number of hydrogen-bond acceptors (Lipinski definition) is 5. The number of fused-ring (bicyclic) bond motifs is 1. The molecule has 1 saturated carbocycles. The molecule has 1 atom stereocenters. The summed E-state index contributed by atoms with van der Waals surface area (Å²) in [7, 11) is 0. The van der Waals surface area contributed by atoms with Crippen LogP contribution in [0.25, 0.3) is 10.9 Å². The van der Waals surface area contributed by atoms with Crippen molar-refractivity contribution in [3.05, 3.63) is 60.7 Å². The molecule has 0 aliphatic heterocycles. The van der Waals surface area contributed by atoms with Crippen LogP contribution in [-0.2, 0) is 6.54 Å². The molecule has 0 bridgehead atoms. The van der Waals surface area contributed by atoms with Crippen LogP contribution in [-0.4, -0.2) is 20.4 Å². The van der Waals surface area contributed by atoms with Gasteiger partial charge in [-0.2, -0.15) is 0 Å². The minimum atomic E-state index is -0.471. The van der Waals surface area contributed by atoms with Gasteiger partial charge in [0, 0.05) is 23.2 Å². The first kappa shape index (κ1) is 17.7. The van der Waals surface area contributed by atoms with E-state index in [1.807, 2.05) is 12.3 Å². The molecule has 0 unspecified atom stereocenters. The van der Waals surface area contributed by atoms with Gasteiger partial charge in [-0.05, 0) is 50.8 Å². The summed E-state index contributed by atoms with van der Waals surface area (Å²) in [5.74, 6) is 0.179. The van der Waals surface area contributed by atoms with E-state index >= 15 is 0 Å². The van der Waals surface area contributed by atoms with Crippen LogP contribution >= 0.6 is 11.3 Å². The maximum absolute atomic E-state index is 12.8. The molecule has 0 saturated heterocycles. The first-order chi connectivity index (χ1) is 13.0. The Labute approximate surface area is 159 Å². The normalized spacial score (nSPS) is 15.0. The van der Waals surface area contributed by atoms with Crippen LogP contribution in [0.4, 0.5) is 0 Å². The molecule has 2 heterocycles. The van der Waals surface area contributed by atoms with Crippen LogP contribution in [0.2, 0.25) is 0 Å². The van der Waals surface area contributed by atoms with E-state index in [1.165, 1.54) is 0 Å². The van der Waals surface area contributed by atoms with Crippen molar-refractivity contribution < 1.29 is 4.79 Å². The van der Waals surface area contributed by atoms with Gasteiger partial charge in [0.15, 0.2) is 0 Å². The molecule has 1 aliphatic rings. The Morgan fingerprint density at radius 2 is 2.19 bits per heavy atom. The van der Waals surface area contributed by atoms with Gasteiger partial charge in [-0.25, -0.2) is 9.78 Å². The summed E-state index contributed by atoms with van der Waals surface area (Å²) in [6.45, 7) is 3.97. The van der Waals surface area contributed by atoms with Crippen molar-refractivity contribution in [2.75, 3.05) is 0 Å². The fourth-order valence-corrected chi connectivity index (χ4v) is 4.17. The minimum Gasteiger partial charge on any atom is -0.343 e. The number of benzene rings is 1. The van der Waals surface area contributed by atoms with E-state index in [1.54, 1.807) is 36.5 Å². The summed E-state index contributed by atoms with van der Waals surface area (Å²) in [5.41, 5.74) is 0.908. The van der Waals surface area contributed by atoms with Crippen LogP contribution in [0.3, 0.4) is 0 Å². The second-order valence-corrected chi connectivity index (χ2v) is 7.75. The lowest BCUT2D eigenvalue weighted by Gasteiger charge is -2.16. The summed E-state index contributed by atoms with van der Waals surface area (Å²) < 4.78 is 1.13. The largest absolute Gasteiger partial charge is 0.343 e. The molecule has 1 fully saturated rings. The lowest BCUT2D eigenvalue weighted by molar-refractivity contribution is 0.0931. The van der Waals surface area contributed by atoms with E-state index in [-0.39, 0.29) is 17.5 Å². The van der Waals surface area contributed by atoms with Crippen molar-refractivity contribution in [1.29, 1.82) is 0 Å². The molecule has 2 N–H and O–H groups in total. The number of hydrogen-bond donors (Lipinski definition) is 2. The van der Waals surface area contributed by atoms with Gasteiger partial charge in [0.05, 0.1) is 16.9 Å². The van der Waals surface area contributed by atoms with Crippen LogP contribution in [0.5, 0.6) is 0 Å². The summed E-state index contributed by atoms with van der Waals surface area (Å²) in [6, 6.07) is 4.67. The lowest BCUT2D eigenvalue weighted by atomic mass is 10.1. The number of carbonyl (C=O) groups is 1. The van der Waals surface area contributed by atoms with Crippen molar-refractivity contribution in [3.63, 3.8) is 0 Å². The molecular weight excluding hydrogens is 364 g/mol. The molecule has 1 amide bonds. The zero-order valence-electron chi connectivity index (χ0n) is 15.1. The van der Waals surface area contributed by atoms with Crippen molar-refractivity contribution in [1.82, 2.24) is 19.9 Å². The molecule has 0 radical (unpaired) electrons. The molecular formula is C19H20N4O3S. The topological polar surface area (TPSA) is 96.8 Å². The van der Waals surface area contributed by atoms with Crippen molar-refractivity contribution in [2.45, 2.75) is 39.3 Å². The number of aromatic nitrogens is 3. The molecule has 0 spiro atoms. The standard InChI is InChI=1S/C19H20N4O3S/c1-3-23-18(25)13-7-6-12(8-14(13)21-19(23)26)16(24)22-15(11-4-5-11)17-20-10(2)9-27-17/h6-9,11,15H,3-5H2,1-2H3,(H,21,26)(H,22,24)/t15-/m1/s1. The number of aryl methyl sites for hydroxylation is 1. The number of nitrogens with one attached hydrogen (secondary N) is 2. The van der Waals surface area contributed by atoms with Gasteiger partial charge in [0.25, 0.3) is 11.5 Å². The second-order valence-electron chi connectivity index (χ2n) is 6.86. The highest BCUT2D eigenvalue weighted by molar-refractivity contribution is 7.09. The van der Waals surface area contributed by atoms with E-state index in [4.69, 9.17) is 0 Å². The summed E-state index contributed by atoms with van der Waals surface area (Å²) in [6.07, 6.45) is 2.15. The average Bonchev–Trinajstić information content (AvgIpc) is 3.40. The predicted molar refractivity (Wildman–Crippen MR) is 104 cm³/mol. The zero-order chi connectivity index (χ0) is 19.1. The Morgan fingerprint density at radius 1 is 1.41 bits per heavy atom. The minimum absolute atomic E-state index is 0.0981. The van der Waals surface area contributed by atoms with Crippen LogP contribution < -0.4 is 16.6 Å². The first-order valence-corrected chi connectivity index (χ1v) is 9.85. The molecule has 4 rings (SSSR count). The van der Waals surface area contributed by atoms with Gasteiger partial charge in [-0.15, -0.1) is 11.3 Å². The van der Waals surface area contributed by atoms with E-state index in [2.05, 4.69) is 15.3 Å². The Balaban J connectivity index is 1.66. The van der Waals surface area contributed by atoms with E-state index in [0.29, 0.717) is 28.9 Å². The highest BCUT2D eigenvalue weighted by Crippen LogP contribution is 2.42. The predicted octanol–water partition coefficient (Wildman–Crippen LogP) is 2.36. The average molecular weight is 384 g/mol. The highest BCUT2D eigenvalue weighted by atomic mass is 32.1. The molecule has 1 aromatic carbocycles. The Hall–Kier alpha value is -2.74. The number of H-pyrrole nitrogens is 1. The van der Waals surface area contributed by atoms with Crippen LogP contribution in [0, 0.1) is 12.8 Å². The van der Waals surface area contributed by atoms with E-state index in [0.717, 1.165) is 28.1 Å². The number of carbonyl (C=O) groups excluding carboxylic acids is 1. The third-order valence-electron chi connectivity index (χ3n) is 4.84. The van der Waals surface area contributed by atoms with Crippen LogP contribution in [0.15, 0.2) is 33.2 Å². The maximum atomic E-state index is 12.8. The third kappa shape index (κ3) is 3.32. The van der Waals surface area contributed by atoms with Gasteiger partial charge in [-0.3, -0.25) is 14.2 Å². The molecule has 140 valence electrons. The number of nitrogens with zero attached hydrogens (tertiary/aromatic N) is 2. The highest BCUT2D eigenvalue weighted by Gasteiger charge is 2.35. The number of aromatic amines is 1. The molecule has 3 aromatic rings. The quantitative estimate of drug-likeness (QED) is 0.706. The number of rotatable bonds is 5. The summed E-state index contributed by atoms with van der Waals surface area (Å²) in [4.78, 5) is 44.4. The monoisotopic (exact) mass is 384 g/mol. The number of thiazole rings is 1. The van der Waals surface area contributed by atoms with E-state index < -0.39 is 5.69 Å². The lowest BCUT2D eigenvalue weighted by Crippen LogP contribution is -2.34.